The van der Waals surface area contributed by atoms with Gasteiger partial charge in [0, 0.05) is 12.6 Å². The van der Waals surface area contributed by atoms with Gasteiger partial charge in [-0.05, 0) is 0 Å². The van der Waals surface area contributed by atoms with Gasteiger partial charge in [0.25, 0.3) is 0 Å². The normalized spacial score (nSPS) is 22.3. The highest BCUT2D eigenvalue weighted by Gasteiger charge is 2.20. The van der Waals surface area contributed by atoms with Crippen molar-refractivity contribution in [2.24, 2.45) is 0 Å². The Hall–Kier alpha value is -1.07. The average molecular weight is 200 g/mol. The van der Waals surface area contributed by atoms with Gasteiger partial charge in [-0.25, -0.2) is 8.78 Å². The zero-order chi connectivity index (χ0) is 9.97. The van der Waals surface area contributed by atoms with Crippen molar-refractivity contribution < 1.29 is 13.5 Å². The van der Waals surface area contributed by atoms with Crippen LogP contribution in [-0.2, 0) is 4.74 Å². The lowest BCUT2D eigenvalue weighted by Crippen LogP contribution is -2.35. The molecule has 2 rings (SSSR count). The Morgan fingerprint density at radius 1 is 1.50 bits per heavy atom. The Labute approximate surface area is 80.1 Å². The van der Waals surface area contributed by atoms with Gasteiger partial charge < -0.3 is 10.1 Å². The molecule has 0 radical (unpaired) electrons. The van der Waals surface area contributed by atoms with Crippen molar-refractivity contribution in [1.82, 2.24) is 10.3 Å². The van der Waals surface area contributed by atoms with E-state index in [-0.39, 0.29) is 11.7 Å². The molecule has 1 unspecified atom stereocenters. The van der Waals surface area contributed by atoms with E-state index in [0.29, 0.717) is 19.8 Å². The first kappa shape index (κ1) is 9.48. The molecule has 5 heteroatoms. The van der Waals surface area contributed by atoms with E-state index in [0.717, 1.165) is 12.3 Å². The molecule has 0 spiro atoms. The molecule has 1 saturated heterocycles. The van der Waals surface area contributed by atoms with Crippen LogP contribution in [0.1, 0.15) is 11.7 Å². The quantitative estimate of drug-likeness (QED) is 0.735. The van der Waals surface area contributed by atoms with E-state index < -0.39 is 11.6 Å². The number of hydrogen-bond donors (Lipinski definition) is 1. The van der Waals surface area contributed by atoms with Crippen LogP contribution in [0.25, 0.3) is 0 Å². The second-order valence-electron chi connectivity index (χ2n) is 3.10. The largest absolute Gasteiger partial charge is 0.378 e. The summed E-state index contributed by atoms with van der Waals surface area (Å²) in [5.74, 6) is -1.30. The number of nitrogens with one attached hydrogen (secondary N) is 1. The van der Waals surface area contributed by atoms with E-state index in [1.807, 2.05) is 0 Å². The van der Waals surface area contributed by atoms with Gasteiger partial charge in [-0.2, -0.15) is 0 Å². The monoisotopic (exact) mass is 200 g/mol. The number of rotatable bonds is 1. The number of halogens is 2. The van der Waals surface area contributed by atoms with Crippen molar-refractivity contribution in [3.05, 3.63) is 29.6 Å². The molecular weight excluding hydrogens is 190 g/mol. The van der Waals surface area contributed by atoms with Gasteiger partial charge >= 0.3 is 0 Å². The summed E-state index contributed by atoms with van der Waals surface area (Å²) < 4.78 is 31.0. The lowest BCUT2D eigenvalue weighted by atomic mass is 10.1. The second-order valence-corrected chi connectivity index (χ2v) is 3.10. The Morgan fingerprint density at radius 2 is 2.36 bits per heavy atom. The molecule has 1 aromatic rings. The van der Waals surface area contributed by atoms with Crippen LogP contribution in [0.2, 0.25) is 0 Å². The number of morpholine rings is 1. The first-order valence-electron chi connectivity index (χ1n) is 4.39. The summed E-state index contributed by atoms with van der Waals surface area (Å²) in [5.41, 5.74) is 0.214. The van der Waals surface area contributed by atoms with E-state index in [1.165, 1.54) is 0 Å². The van der Waals surface area contributed by atoms with Gasteiger partial charge in [-0.1, -0.05) is 0 Å². The summed E-state index contributed by atoms with van der Waals surface area (Å²) in [4.78, 5) is 3.71. The molecule has 14 heavy (non-hydrogen) atoms. The zero-order valence-corrected chi connectivity index (χ0v) is 7.46. The van der Waals surface area contributed by atoms with E-state index in [2.05, 4.69) is 10.3 Å². The molecule has 1 aromatic heterocycles. The highest BCUT2D eigenvalue weighted by atomic mass is 19.1. The average Bonchev–Trinajstić information content (AvgIpc) is 2.19. The summed E-state index contributed by atoms with van der Waals surface area (Å²) in [5, 5.41) is 3.05. The molecule has 3 nitrogen and oxygen atoms in total. The maximum Gasteiger partial charge on any atom is 0.149 e. The maximum atomic E-state index is 13.2. The minimum atomic E-state index is -0.664. The Morgan fingerprint density at radius 3 is 3.00 bits per heavy atom. The second kappa shape index (κ2) is 3.98. The summed E-state index contributed by atoms with van der Waals surface area (Å²) in [7, 11) is 0. The molecule has 0 amide bonds. The van der Waals surface area contributed by atoms with Crippen molar-refractivity contribution in [2.75, 3.05) is 19.8 Å². The van der Waals surface area contributed by atoms with Gasteiger partial charge in [0.1, 0.15) is 11.6 Å². The Bertz CT molecular complexity index is 327. The standard InChI is InChI=1S/C9H10F2N2O/c10-6-3-7(11)9(13-4-6)8-5-14-2-1-12-8/h3-4,8,12H,1-2,5H2. The van der Waals surface area contributed by atoms with Crippen molar-refractivity contribution in [3.63, 3.8) is 0 Å². The topological polar surface area (TPSA) is 34.1 Å². The first-order valence-corrected chi connectivity index (χ1v) is 4.39. The molecule has 1 N–H and O–H groups in total. The molecule has 0 bridgehead atoms. The zero-order valence-electron chi connectivity index (χ0n) is 7.46. The molecule has 0 aromatic carbocycles. The third kappa shape index (κ3) is 1.88. The maximum absolute atomic E-state index is 13.2. The lowest BCUT2D eigenvalue weighted by molar-refractivity contribution is 0.0743. The van der Waals surface area contributed by atoms with Crippen molar-refractivity contribution in [3.8, 4) is 0 Å². The van der Waals surface area contributed by atoms with Crippen LogP contribution < -0.4 is 5.32 Å². The molecule has 0 aliphatic carbocycles. The fourth-order valence-electron chi connectivity index (χ4n) is 1.42. The highest BCUT2D eigenvalue weighted by molar-refractivity contribution is 5.13. The number of nitrogens with zero attached hydrogens (tertiary/aromatic N) is 1. The number of pyridine rings is 1. The van der Waals surface area contributed by atoms with Crippen LogP contribution in [0.5, 0.6) is 0 Å². The SMILES string of the molecule is Fc1cnc(C2COCCN2)c(F)c1. The van der Waals surface area contributed by atoms with Crippen molar-refractivity contribution in [1.29, 1.82) is 0 Å². The molecule has 1 aliphatic heterocycles. The number of ether oxygens (including phenoxy) is 1. The smallest absolute Gasteiger partial charge is 0.149 e. The summed E-state index contributed by atoms with van der Waals surface area (Å²) in [6.45, 7) is 1.64. The molecule has 1 atom stereocenters. The molecule has 1 fully saturated rings. The third-order valence-electron chi connectivity index (χ3n) is 2.09. The first-order chi connectivity index (χ1) is 6.77. The van der Waals surface area contributed by atoms with Crippen LogP contribution in [0, 0.1) is 11.6 Å². The van der Waals surface area contributed by atoms with E-state index in [4.69, 9.17) is 4.74 Å². The highest BCUT2D eigenvalue weighted by Crippen LogP contribution is 2.17. The van der Waals surface area contributed by atoms with Crippen molar-refractivity contribution in [2.45, 2.75) is 6.04 Å². The van der Waals surface area contributed by atoms with Crippen LogP contribution in [0.3, 0.4) is 0 Å². The predicted molar refractivity (Wildman–Crippen MR) is 45.7 cm³/mol. The molecule has 76 valence electrons. The van der Waals surface area contributed by atoms with Crippen molar-refractivity contribution >= 4 is 0 Å². The van der Waals surface area contributed by atoms with E-state index in [1.54, 1.807) is 0 Å². The summed E-state index contributed by atoms with van der Waals surface area (Å²) in [6, 6.07) is 0.558. The Kier molecular flexibility index (Phi) is 2.69. The van der Waals surface area contributed by atoms with E-state index in [9.17, 15) is 8.78 Å². The van der Waals surface area contributed by atoms with Gasteiger partial charge in [-0.3, -0.25) is 4.98 Å². The van der Waals surface area contributed by atoms with Crippen LogP contribution >= 0.6 is 0 Å². The molecule has 1 aliphatic rings. The fourth-order valence-corrected chi connectivity index (χ4v) is 1.42. The molecule has 2 heterocycles. The molecular formula is C9H10F2N2O. The number of aromatic nitrogens is 1. The fraction of sp³-hybridized carbons (Fsp3) is 0.444. The third-order valence-corrected chi connectivity index (χ3v) is 2.09. The predicted octanol–water partition coefficient (Wildman–Crippen LogP) is 1.02. The van der Waals surface area contributed by atoms with Crippen LogP contribution in [-0.4, -0.2) is 24.7 Å². The summed E-state index contributed by atoms with van der Waals surface area (Å²) in [6.07, 6.45) is 1.01. The van der Waals surface area contributed by atoms with Gasteiger partial charge in [0.2, 0.25) is 0 Å². The summed E-state index contributed by atoms with van der Waals surface area (Å²) >= 11 is 0. The minimum Gasteiger partial charge on any atom is -0.378 e. The van der Waals surface area contributed by atoms with Gasteiger partial charge in [0.15, 0.2) is 0 Å². The van der Waals surface area contributed by atoms with E-state index >= 15 is 0 Å². The van der Waals surface area contributed by atoms with Crippen LogP contribution in [0.4, 0.5) is 8.78 Å². The van der Waals surface area contributed by atoms with Gasteiger partial charge in [0.05, 0.1) is 31.1 Å². The lowest BCUT2D eigenvalue weighted by Gasteiger charge is -2.23. The Balaban J connectivity index is 2.22. The van der Waals surface area contributed by atoms with Gasteiger partial charge in [-0.15, -0.1) is 0 Å². The molecule has 0 saturated carbocycles. The van der Waals surface area contributed by atoms with Crippen LogP contribution in [0.15, 0.2) is 12.3 Å². The number of hydrogen-bond acceptors (Lipinski definition) is 3. The minimum absolute atomic E-state index is 0.214.